The van der Waals surface area contributed by atoms with E-state index in [1.54, 1.807) is 0 Å². The number of nitrogens with two attached hydrogens (primary N) is 2. The van der Waals surface area contributed by atoms with Crippen LogP contribution < -0.4 is 48.7 Å². The molecule has 0 aliphatic carbocycles. The van der Waals surface area contributed by atoms with E-state index in [1.165, 1.54) is 0 Å². The number of hydrogen-bond acceptors (Lipinski definition) is 1. The molecule has 16 N–H and O–H groups in total. The molecule has 2 amide bonds. The molecule has 0 saturated carbocycles. The molecule has 0 atom stereocenters. The summed E-state index contributed by atoms with van der Waals surface area (Å²) in [4.78, 5) is 9.00. The van der Waals surface area contributed by atoms with Crippen LogP contribution in [0.4, 0.5) is 4.79 Å². The number of carbonyl (C=O) groups is 1. The molecule has 0 rings (SSSR count). The summed E-state index contributed by atoms with van der Waals surface area (Å²) in [6.45, 7) is 0. The Hall–Kier alpha value is 1.00. The van der Waals surface area contributed by atoms with Gasteiger partial charge < -0.3 is 81.5 Å². The zero-order valence-electron chi connectivity index (χ0n) is 6.77. The molecule has 0 aromatic rings. The predicted octanol–water partition coefficient (Wildman–Crippen LogP) is -14.9. The van der Waals surface area contributed by atoms with Gasteiger partial charge in [-0.3, -0.25) is 0 Å². The van der Waals surface area contributed by atoms with Crippen molar-refractivity contribution in [3.63, 3.8) is 0 Å². The van der Waals surface area contributed by atoms with Gasteiger partial charge in [0.2, 0.25) is 0 Å². The van der Waals surface area contributed by atoms with E-state index in [4.69, 9.17) is 4.79 Å². The first-order valence-electron chi connectivity index (χ1n) is 0.781. The number of amides is 2. The molecule has 0 aliphatic rings. The average molecular weight is 363 g/mol. The molecule has 96 valence electrons. The standard InChI is InChI=1S/CH4N2O.3ClH.6H2O.Y/c2-1(3)4;;;;;;;;;;/h(H4,2,3,4);3*1H;6*1H2;/q;;;;;;;;;;+3/p-3. The number of hydrogen-bond donors (Lipinski definition) is 2. The van der Waals surface area contributed by atoms with Crippen LogP contribution in [0.15, 0.2) is 0 Å². The molecule has 0 bridgehead atoms. The van der Waals surface area contributed by atoms with E-state index in [-0.39, 0.29) is 103 Å². The summed E-state index contributed by atoms with van der Waals surface area (Å²) in [5.74, 6) is 0. The van der Waals surface area contributed by atoms with Crippen molar-refractivity contribution < 1.29 is 108 Å². The second-order valence-electron chi connectivity index (χ2n) is 0.402. The fourth-order valence-electron chi connectivity index (χ4n) is 0. The SMILES string of the molecule is NC(N)=O.O.O.O.O.O.O.[Cl-].[Cl-].[Cl-].[Y+3]. The molecule has 0 spiro atoms. The maximum atomic E-state index is 9.00. The van der Waals surface area contributed by atoms with E-state index in [1.807, 2.05) is 0 Å². The average Bonchev–Trinajstić information content (AvgIpc) is 0.811. The van der Waals surface area contributed by atoms with Crippen LogP contribution in [-0.4, -0.2) is 38.9 Å². The van der Waals surface area contributed by atoms with Crippen molar-refractivity contribution >= 4 is 6.03 Å². The van der Waals surface area contributed by atoms with Gasteiger partial charge >= 0.3 is 38.7 Å². The Balaban J connectivity index is -0.000000001000. The summed E-state index contributed by atoms with van der Waals surface area (Å²) in [5.41, 5.74) is 8.50. The summed E-state index contributed by atoms with van der Waals surface area (Å²) < 4.78 is 0. The molecular weight excluding hydrogens is 347 g/mol. The molecule has 0 aromatic heterocycles. The summed E-state index contributed by atoms with van der Waals surface area (Å²) >= 11 is 0. The van der Waals surface area contributed by atoms with Gasteiger partial charge in [-0.2, -0.15) is 0 Å². The largest absolute Gasteiger partial charge is 3.00 e. The van der Waals surface area contributed by atoms with E-state index in [0.29, 0.717) is 0 Å². The van der Waals surface area contributed by atoms with E-state index in [0.717, 1.165) is 0 Å². The maximum Gasteiger partial charge on any atom is 3.00 e. The van der Waals surface area contributed by atoms with Crippen molar-refractivity contribution in [1.29, 1.82) is 0 Å². The number of carbonyl (C=O) groups excluding carboxylic acids is 1. The molecule has 0 unspecified atom stereocenters. The van der Waals surface area contributed by atoms with Gasteiger partial charge in [0.15, 0.2) is 0 Å². The van der Waals surface area contributed by atoms with Gasteiger partial charge in [-0.25, -0.2) is 4.79 Å². The third-order valence-electron chi connectivity index (χ3n) is 0. The van der Waals surface area contributed by atoms with Crippen molar-refractivity contribution in [2.75, 3.05) is 0 Å². The molecule has 9 nitrogen and oxygen atoms in total. The normalized spacial score (nSPS) is 1.71. The molecule has 0 heterocycles. The number of rotatable bonds is 0. The third kappa shape index (κ3) is 1860. The molecule has 13 heteroatoms. The minimum atomic E-state index is -0.833. The number of urea groups is 1. The van der Waals surface area contributed by atoms with Crippen molar-refractivity contribution in [1.82, 2.24) is 0 Å². The van der Waals surface area contributed by atoms with Crippen molar-refractivity contribution in [2.24, 2.45) is 11.5 Å². The predicted molar refractivity (Wildman–Crippen MR) is 35.5 cm³/mol. The second kappa shape index (κ2) is 148. The summed E-state index contributed by atoms with van der Waals surface area (Å²) in [6, 6.07) is -0.833. The van der Waals surface area contributed by atoms with Crippen LogP contribution in [0, 0.1) is 0 Å². The van der Waals surface area contributed by atoms with Crippen LogP contribution in [0.5, 0.6) is 0 Å². The first-order valence-corrected chi connectivity index (χ1v) is 0.781. The van der Waals surface area contributed by atoms with E-state index < -0.39 is 6.03 Å². The Labute approximate surface area is 124 Å². The second-order valence-corrected chi connectivity index (χ2v) is 0.402. The Morgan fingerprint density at radius 2 is 0.643 bits per heavy atom. The zero-order valence-corrected chi connectivity index (χ0v) is 11.9. The molecular formula is CH16Cl3N2O7Y. The zero-order chi connectivity index (χ0) is 3.58. The molecule has 0 aliphatic heterocycles. The first-order chi connectivity index (χ1) is 1.73. The van der Waals surface area contributed by atoms with Crippen molar-refractivity contribution in [3.05, 3.63) is 0 Å². The van der Waals surface area contributed by atoms with E-state index >= 15 is 0 Å². The van der Waals surface area contributed by atoms with Gasteiger partial charge in [-0.1, -0.05) is 0 Å². The fraction of sp³-hybridized carbons (Fsp3) is 0. The van der Waals surface area contributed by atoms with Gasteiger partial charge in [0.25, 0.3) is 0 Å². The van der Waals surface area contributed by atoms with E-state index in [2.05, 4.69) is 11.5 Å². The molecule has 0 radical (unpaired) electrons. The Kier molecular flexibility index (Phi) is 1940. The van der Waals surface area contributed by atoms with Gasteiger partial charge in [0.05, 0.1) is 0 Å². The summed E-state index contributed by atoms with van der Waals surface area (Å²) in [6.07, 6.45) is 0. The van der Waals surface area contributed by atoms with Crippen LogP contribution in [0.25, 0.3) is 0 Å². The quantitative estimate of drug-likeness (QED) is 0.417. The van der Waals surface area contributed by atoms with Crippen LogP contribution in [-0.2, 0) is 32.7 Å². The first kappa shape index (κ1) is 184. The summed E-state index contributed by atoms with van der Waals surface area (Å²) in [5, 5.41) is 0. The minimum Gasteiger partial charge on any atom is -1.00 e. The van der Waals surface area contributed by atoms with Crippen LogP contribution in [0.3, 0.4) is 0 Å². The summed E-state index contributed by atoms with van der Waals surface area (Å²) in [7, 11) is 0. The monoisotopic (exact) mass is 362 g/mol. The Morgan fingerprint density at radius 3 is 0.643 bits per heavy atom. The van der Waals surface area contributed by atoms with E-state index in [9.17, 15) is 0 Å². The van der Waals surface area contributed by atoms with Crippen LogP contribution >= 0.6 is 0 Å². The van der Waals surface area contributed by atoms with Crippen molar-refractivity contribution in [2.45, 2.75) is 0 Å². The van der Waals surface area contributed by atoms with Gasteiger partial charge in [-0.15, -0.1) is 0 Å². The van der Waals surface area contributed by atoms with Gasteiger partial charge in [-0.05, 0) is 0 Å². The topological polar surface area (TPSA) is 258 Å². The maximum absolute atomic E-state index is 9.00. The fourth-order valence-corrected chi connectivity index (χ4v) is 0. The van der Waals surface area contributed by atoms with Crippen LogP contribution in [0.1, 0.15) is 0 Å². The number of primary amides is 2. The smallest absolute Gasteiger partial charge is 1.00 e. The molecule has 0 saturated heterocycles. The Morgan fingerprint density at radius 1 is 0.643 bits per heavy atom. The minimum absolute atomic E-state index is 0. The van der Waals surface area contributed by atoms with Crippen molar-refractivity contribution in [3.8, 4) is 0 Å². The number of halogens is 3. The Bertz CT molecular complexity index is 49.9. The molecule has 0 aromatic carbocycles. The third-order valence-corrected chi connectivity index (χ3v) is 0. The molecule has 0 fully saturated rings. The van der Waals surface area contributed by atoms with Gasteiger partial charge in [0, 0.05) is 0 Å². The molecule has 14 heavy (non-hydrogen) atoms. The van der Waals surface area contributed by atoms with Crippen LogP contribution in [0.2, 0.25) is 0 Å². The van der Waals surface area contributed by atoms with Gasteiger partial charge in [0.1, 0.15) is 0 Å².